The van der Waals surface area contributed by atoms with Gasteiger partial charge in [-0.05, 0) is 36.6 Å². The van der Waals surface area contributed by atoms with E-state index < -0.39 is 6.04 Å². The lowest BCUT2D eigenvalue weighted by Gasteiger charge is -2.12. The van der Waals surface area contributed by atoms with Crippen LogP contribution < -0.4 is 11.1 Å². The molecule has 1 aromatic carbocycles. The highest BCUT2D eigenvalue weighted by molar-refractivity contribution is 8.01. The molecule has 5 nitrogen and oxygen atoms in total. The Hall–Kier alpha value is -0.510. The van der Waals surface area contributed by atoms with Crippen LogP contribution in [0.1, 0.15) is 6.42 Å². The minimum atomic E-state index is -0.512. The summed E-state index contributed by atoms with van der Waals surface area (Å²) in [6, 6.07) is 4.84. The highest BCUT2D eigenvalue weighted by Gasteiger charge is 2.14. The Morgan fingerprint density at radius 1 is 1.52 bits per heavy atom. The summed E-state index contributed by atoms with van der Waals surface area (Å²) in [7, 11) is 0. The zero-order chi connectivity index (χ0) is 15.9. The summed E-state index contributed by atoms with van der Waals surface area (Å²) in [5.41, 5.74) is 8.14. The van der Waals surface area contributed by atoms with E-state index in [1.165, 1.54) is 23.1 Å². The molecule has 0 saturated heterocycles. The number of anilines is 1. The van der Waals surface area contributed by atoms with Crippen LogP contribution in [0.3, 0.4) is 0 Å². The van der Waals surface area contributed by atoms with E-state index in [-0.39, 0.29) is 18.3 Å². The number of hydrogen-bond acceptors (Lipinski definition) is 7. The van der Waals surface area contributed by atoms with Gasteiger partial charge >= 0.3 is 0 Å². The van der Waals surface area contributed by atoms with Gasteiger partial charge in [0.15, 0.2) is 4.34 Å². The number of carbonyl (C=O) groups excluding carboxylic acids is 1. The van der Waals surface area contributed by atoms with Crippen molar-refractivity contribution in [3.8, 4) is 0 Å². The lowest BCUT2D eigenvalue weighted by Crippen LogP contribution is -2.36. The van der Waals surface area contributed by atoms with Crippen molar-refractivity contribution < 1.29 is 4.79 Å². The molecular weight excluding hydrogens is 395 g/mol. The maximum atomic E-state index is 12.0. The molecule has 0 radical (unpaired) electrons. The lowest BCUT2D eigenvalue weighted by molar-refractivity contribution is -0.117. The maximum Gasteiger partial charge on any atom is 0.241 e. The Morgan fingerprint density at radius 2 is 2.30 bits per heavy atom. The quantitative estimate of drug-likeness (QED) is 0.722. The van der Waals surface area contributed by atoms with Crippen LogP contribution in [0.25, 0.3) is 0 Å². The van der Waals surface area contributed by atoms with Crippen LogP contribution in [-0.4, -0.2) is 34.2 Å². The predicted molar refractivity (Wildman–Crippen MR) is 102 cm³/mol. The normalized spacial score (nSPS) is 11.6. The fourth-order valence-corrected chi connectivity index (χ4v) is 3.80. The van der Waals surface area contributed by atoms with Gasteiger partial charge in [-0.25, -0.2) is 0 Å². The van der Waals surface area contributed by atoms with Gasteiger partial charge in [0.2, 0.25) is 5.91 Å². The molecule has 1 amide bonds. The average Bonchev–Trinajstić information content (AvgIpc) is 3.00. The van der Waals surface area contributed by atoms with Crippen LogP contribution in [0.15, 0.2) is 32.9 Å². The van der Waals surface area contributed by atoms with E-state index in [0.717, 1.165) is 15.0 Å². The SMILES string of the molecule is CSCC[C@H](N)C(=O)Nc1ccc(Sc2nncs2)c(Cl)c1.Cl. The number of thioether (sulfide) groups is 1. The molecule has 0 aliphatic carbocycles. The number of halogens is 2. The summed E-state index contributed by atoms with van der Waals surface area (Å²) in [5, 5.41) is 11.1. The van der Waals surface area contributed by atoms with E-state index in [0.29, 0.717) is 17.1 Å². The Balaban J connectivity index is 0.00000264. The number of carbonyl (C=O) groups is 1. The molecule has 0 aliphatic rings. The first-order valence-electron chi connectivity index (χ1n) is 6.39. The number of amides is 1. The van der Waals surface area contributed by atoms with E-state index in [4.69, 9.17) is 17.3 Å². The van der Waals surface area contributed by atoms with Crippen molar-refractivity contribution in [1.29, 1.82) is 0 Å². The van der Waals surface area contributed by atoms with Crippen LogP contribution in [-0.2, 0) is 4.79 Å². The molecule has 1 heterocycles. The van der Waals surface area contributed by atoms with Gasteiger partial charge in [-0.3, -0.25) is 4.79 Å². The van der Waals surface area contributed by atoms with Gasteiger partial charge in [0.1, 0.15) is 5.51 Å². The van der Waals surface area contributed by atoms with Crippen molar-refractivity contribution in [2.75, 3.05) is 17.3 Å². The first-order chi connectivity index (χ1) is 10.6. The van der Waals surface area contributed by atoms with Crippen LogP contribution in [0.4, 0.5) is 5.69 Å². The fourth-order valence-electron chi connectivity index (χ4n) is 1.57. The largest absolute Gasteiger partial charge is 0.325 e. The topological polar surface area (TPSA) is 80.9 Å². The van der Waals surface area contributed by atoms with E-state index in [9.17, 15) is 4.79 Å². The Labute approximate surface area is 158 Å². The zero-order valence-electron chi connectivity index (χ0n) is 12.2. The number of nitrogens with one attached hydrogen (secondary N) is 1. The van der Waals surface area contributed by atoms with E-state index in [1.807, 2.05) is 12.3 Å². The van der Waals surface area contributed by atoms with Gasteiger partial charge in [-0.1, -0.05) is 34.7 Å². The fraction of sp³-hybridized carbons (Fsp3) is 0.308. The van der Waals surface area contributed by atoms with Crippen molar-refractivity contribution in [1.82, 2.24) is 10.2 Å². The maximum absolute atomic E-state index is 12.0. The first kappa shape index (κ1) is 20.5. The first-order valence-corrected chi connectivity index (χ1v) is 9.86. The van der Waals surface area contributed by atoms with Gasteiger partial charge in [0, 0.05) is 10.6 Å². The standard InChI is InChI=1S/C13H15ClN4OS3.ClH/c1-20-5-4-10(15)12(19)17-8-2-3-11(9(14)6-8)22-13-18-16-7-21-13;/h2-3,6-7,10H,4-5,15H2,1H3,(H,17,19);1H/t10-;/m0./s1. The molecule has 126 valence electrons. The van der Waals surface area contributed by atoms with Crippen LogP contribution >= 0.6 is 58.9 Å². The number of nitrogens with zero attached hydrogens (tertiary/aromatic N) is 2. The highest BCUT2D eigenvalue weighted by Crippen LogP contribution is 2.35. The van der Waals surface area contributed by atoms with E-state index in [2.05, 4.69) is 15.5 Å². The molecule has 0 bridgehead atoms. The Morgan fingerprint density at radius 3 is 2.91 bits per heavy atom. The summed E-state index contributed by atoms with van der Waals surface area (Å²) in [6.45, 7) is 0. The molecule has 10 heteroatoms. The van der Waals surface area contributed by atoms with Gasteiger partial charge in [-0.15, -0.1) is 22.6 Å². The minimum Gasteiger partial charge on any atom is -0.325 e. The van der Waals surface area contributed by atoms with Crippen molar-refractivity contribution in [2.24, 2.45) is 5.73 Å². The van der Waals surface area contributed by atoms with Gasteiger partial charge in [0.05, 0.1) is 11.1 Å². The molecule has 0 fully saturated rings. The van der Waals surface area contributed by atoms with Crippen molar-refractivity contribution in [2.45, 2.75) is 21.7 Å². The molecule has 2 aromatic rings. The summed E-state index contributed by atoms with van der Waals surface area (Å²) in [5.74, 6) is 0.655. The molecule has 2 rings (SSSR count). The van der Waals surface area contributed by atoms with Gasteiger partial charge in [0.25, 0.3) is 0 Å². The summed E-state index contributed by atoms with van der Waals surface area (Å²) in [6.07, 6.45) is 2.63. The number of nitrogens with two attached hydrogens (primary N) is 1. The average molecular weight is 411 g/mol. The van der Waals surface area contributed by atoms with Crippen molar-refractivity contribution in [3.05, 3.63) is 28.7 Å². The van der Waals surface area contributed by atoms with Crippen molar-refractivity contribution in [3.63, 3.8) is 0 Å². The summed E-state index contributed by atoms with van der Waals surface area (Å²) >= 11 is 10.8. The molecule has 23 heavy (non-hydrogen) atoms. The molecular formula is C13H16Cl2N4OS3. The predicted octanol–water partition coefficient (Wildman–Crippen LogP) is 3.78. The smallest absolute Gasteiger partial charge is 0.241 e. The minimum absolute atomic E-state index is 0. The van der Waals surface area contributed by atoms with Crippen molar-refractivity contribution >= 4 is 70.5 Å². The summed E-state index contributed by atoms with van der Waals surface area (Å²) in [4.78, 5) is 12.8. The molecule has 1 aromatic heterocycles. The third-order valence-electron chi connectivity index (χ3n) is 2.71. The van der Waals surface area contributed by atoms with Crippen LogP contribution in [0.5, 0.6) is 0 Å². The number of benzene rings is 1. The van der Waals surface area contributed by atoms with E-state index in [1.54, 1.807) is 29.4 Å². The van der Waals surface area contributed by atoms with Crippen LogP contribution in [0.2, 0.25) is 5.02 Å². The highest BCUT2D eigenvalue weighted by atomic mass is 35.5. The number of rotatable bonds is 7. The van der Waals surface area contributed by atoms with E-state index >= 15 is 0 Å². The second kappa shape index (κ2) is 10.4. The molecule has 0 aliphatic heterocycles. The third kappa shape index (κ3) is 6.48. The monoisotopic (exact) mass is 410 g/mol. The van der Waals surface area contributed by atoms with Crippen LogP contribution in [0, 0.1) is 0 Å². The molecule has 3 N–H and O–H groups in total. The second-order valence-corrected chi connectivity index (χ2v) is 7.84. The van der Waals surface area contributed by atoms with Gasteiger partial charge < -0.3 is 11.1 Å². The molecule has 0 unspecified atom stereocenters. The van der Waals surface area contributed by atoms with Gasteiger partial charge in [-0.2, -0.15) is 11.8 Å². The molecule has 0 spiro atoms. The third-order valence-corrected chi connectivity index (χ3v) is 5.63. The Bertz CT molecular complexity index is 628. The number of hydrogen-bond donors (Lipinski definition) is 2. The molecule has 0 saturated carbocycles. The number of aromatic nitrogens is 2. The lowest BCUT2D eigenvalue weighted by atomic mass is 10.2. The second-order valence-electron chi connectivity index (χ2n) is 4.33. The molecule has 1 atom stereocenters. The zero-order valence-corrected chi connectivity index (χ0v) is 16.2. The Kier molecular flexibility index (Phi) is 9.26. The summed E-state index contributed by atoms with van der Waals surface area (Å²) < 4.78 is 0.817.